The molecule has 2 aliphatic carbocycles. The molecular formula is C22H32N4O. The fourth-order valence-electron chi connectivity index (χ4n) is 3.98. The van der Waals surface area contributed by atoms with Crippen LogP contribution in [-0.4, -0.2) is 35.2 Å². The van der Waals surface area contributed by atoms with E-state index in [0.717, 1.165) is 23.6 Å². The van der Waals surface area contributed by atoms with Crippen LogP contribution in [0.1, 0.15) is 65.9 Å². The molecule has 4 rings (SSSR count). The van der Waals surface area contributed by atoms with Crippen molar-refractivity contribution in [1.82, 2.24) is 15.1 Å². The number of aryl methyl sites for hydroxylation is 2. The maximum Gasteiger partial charge on any atom is 0.150 e. The van der Waals surface area contributed by atoms with Crippen LogP contribution in [0.15, 0.2) is 30.6 Å². The first kappa shape index (κ1) is 19.6. The number of carbonyl (C=O) groups is 1. The molecule has 0 spiro atoms. The molecular weight excluding hydrogens is 336 g/mol. The quantitative estimate of drug-likeness (QED) is 0.782. The van der Waals surface area contributed by atoms with Gasteiger partial charge in [0.1, 0.15) is 6.29 Å². The number of rotatable bonds is 5. The van der Waals surface area contributed by atoms with Crippen LogP contribution in [0.25, 0.3) is 0 Å². The van der Waals surface area contributed by atoms with Gasteiger partial charge in [-0.25, -0.2) is 0 Å². The highest BCUT2D eigenvalue weighted by atomic mass is 16.1. The Bertz CT molecular complexity index is 749. The van der Waals surface area contributed by atoms with Gasteiger partial charge in [-0.15, -0.1) is 0 Å². The number of benzene rings is 1. The van der Waals surface area contributed by atoms with Gasteiger partial charge in [0.2, 0.25) is 0 Å². The van der Waals surface area contributed by atoms with Gasteiger partial charge < -0.3 is 10.6 Å². The highest BCUT2D eigenvalue weighted by Crippen LogP contribution is 2.43. The third kappa shape index (κ3) is 5.42. The maximum absolute atomic E-state index is 10.9. The summed E-state index contributed by atoms with van der Waals surface area (Å²) in [4.78, 5) is 10.9. The molecule has 0 amide bonds. The summed E-state index contributed by atoms with van der Waals surface area (Å²) in [5, 5.41) is 10.7. The van der Waals surface area contributed by atoms with Gasteiger partial charge in [-0.1, -0.05) is 31.4 Å². The van der Waals surface area contributed by atoms with Crippen molar-refractivity contribution < 1.29 is 4.79 Å². The highest BCUT2D eigenvalue weighted by Gasteiger charge is 2.40. The van der Waals surface area contributed by atoms with E-state index in [4.69, 9.17) is 0 Å². The van der Waals surface area contributed by atoms with Crippen LogP contribution in [0.5, 0.6) is 0 Å². The lowest BCUT2D eigenvalue weighted by Gasteiger charge is -2.23. The predicted octanol–water partition coefficient (Wildman–Crippen LogP) is 4.05. The van der Waals surface area contributed by atoms with Crippen molar-refractivity contribution in [3.63, 3.8) is 0 Å². The molecule has 0 bridgehead atoms. The zero-order valence-electron chi connectivity index (χ0n) is 16.7. The highest BCUT2D eigenvalue weighted by molar-refractivity contribution is 5.75. The Morgan fingerprint density at radius 3 is 2.59 bits per heavy atom. The summed E-state index contributed by atoms with van der Waals surface area (Å²) in [6, 6.07) is 7.45. The third-order valence-corrected chi connectivity index (χ3v) is 5.68. The van der Waals surface area contributed by atoms with Crippen molar-refractivity contribution in [3.8, 4) is 0 Å². The molecule has 2 aliphatic rings. The molecule has 5 nitrogen and oxygen atoms in total. The van der Waals surface area contributed by atoms with Crippen LogP contribution in [-0.2, 0) is 7.05 Å². The van der Waals surface area contributed by atoms with E-state index in [2.05, 4.69) is 34.8 Å². The standard InChI is InChI=1S/C17H23NO.C5H9N3/c1-12-7-8-13(11-19)9-15(12)16-10-17(16)18-14-5-3-2-4-6-14;1-6-5-3-7-8(2)4-5/h7-9,11,14,16-18H,2-6,10H2,1H3;3-4,6H,1-2H3. The predicted molar refractivity (Wildman–Crippen MR) is 110 cm³/mol. The number of hydrogen-bond donors (Lipinski definition) is 2. The molecule has 1 aromatic carbocycles. The molecule has 2 aromatic rings. The Labute approximate surface area is 162 Å². The topological polar surface area (TPSA) is 59.0 Å². The van der Waals surface area contributed by atoms with E-state index in [1.165, 1.54) is 49.7 Å². The van der Waals surface area contributed by atoms with E-state index in [1.807, 2.05) is 26.4 Å². The Morgan fingerprint density at radius 1 is 1.22 bits per heavy atom. The number of aromatic nitrogens is 2. The third-order valence-electron chi connectivity index (χ3n) is 5.68. The van der Waals surface area contributed by atoms with Gasteiger partial charge in [0, 0.05) is 43.9 Å². The van der Waals surface area contributed by atoms with Crippen molar-refractivity contribution in [2.45, 2.75) is 63.5 Å². The molecule has 0 aliphatic heterocycles. The fourth-order valence-corrected chi connectivity index (χ4v) is 3.98. The Morgan fingerprint density at radius 2 is 2.00 bits per heavy atom. The largest absolute Gasteiger partial charge is 0.386 e. The van der Waals surface area contributed by atoms with E-state index in [9.17, 15) is 4.79 Å². The minimum absolute atomic E-state index is 0.627. The number of aldehydes is 1. The average molecular weight is 369 g/mol. The van der Waals surface area contributed by atoms with Crippen molar-refractivity contribution in [2.75, 3.05) is 12.4 Å². The summed E-state index contributed by atoms with van der Waals surface area (Å²) >= 11 is 0. The summed E-state index contributed by atoms with van der Waals surface area (Å²) in [7, 11) is 3.76. The van der Waals surface area contributed by atoms with Crippen molar-refractivity contribution in [3.05, 3.63) is 47.3 Å². The molecule has 0 saturated heterocycles. The van der Waals surface area contributed by atoms with Crippen LogP contribution >= 0.6 is 0 Å². The van der Waals surface area contributed by atoms with E-state index < -0.39 is 0 Å². The number of hydrogen-bond acceptors (Lipinski definition) is 4. The van der Waals surface area contributed by atoms with Crippen LogP contribution in [0.2, 0.25) is 0 Å². The van der Waals surface area contributed by atoms with Gasteiger partial charge in [-0.3, -0.25) is 9.48 Å². The Hall–Kier alpha value is -2.14. The van der Waals surface area contributed by atoms with Gasteiger partial charge >= 0.3 is 0 Å². The van der Waals surface area contributed by atoms with Gasteiger partial charge in [-0.05, 0) is 43.4 Å². The summed E-state index contributed by atoms with van der Waals surface area (Å²) in [6.45, 7) is 2.15. The number of nitrogens with zero attached hydrogens (tertiary/aromatic N) is 2. The smallest absolute Gasteiger partial charge is 0.150 e. The minimum Gasteiger partial charge on any atom is -0.386 e. The molecule has 2 fully saturated rings. The summed E-state index contributed by atoms with van der Waals surface area (Å²) in [5.74, 6) is 0.627. The molecule has 2 atom stereocenters. The summed E-state index contributed by atoms with van der Waals surface area (Å²) in [6.07, 6.45) is 12.7. The van der Waals surface area contributed by atoms with E-state index in [0.29, 0.717) is 12.0 Å². The van der Waals surface area contributed by atoms with E-state index >= 15 is 0 Å². The van der Waals surface area contributed by atoms with Gasteiger partial charge in [-0.2, -0.15) is 5.10 Å². The normalized spacial score (nSPS) is 21.9. The van der Waals surface area contributed by atoms with Gasteiger partial charge in [0.15, 0.2) is 0 Å². The fraction of sp³-hybridized carbons (Fsp3) is 0.545. The van der Waals surface area contributed by atoms with Crippen LogP contribution in [0.4, 0.5) is 5.69 Å². The van der Waals surface area contributed by atoms with Gasteiger partial charge in [0.25, 0.3) is 0 Å². The lowest BCUT2D eigenvalue weighted by atomic mass is 9.95. The molecule has 5 heteroatoms. The summed E-state index contributed by atoms with van der Waals surface area (Å²) in [5.41, 5.74) is 4.55. The zero-order chi connectivity index (χ0) is 19.2. The van der Waals surface area contributed by atoms with Crippen molar-refractivity contribution >= 4 is 12.0 Å². The first-order chi connectivity index (χ1) is 13.1. The van der Waals surface area contributed by atoms with Crippen LogP contribution < -0.4 is 10.6 Å². The first-order valence-corrected chi connectivity index (χ1v) is 10.1. The lowest BCUT2D eigenvalue weighted by molar-refractivity contribution is 0.112. The molecule has 2 unspecified atom stereocenters. The van der Waals surface area contributed by atoms with Crippen molar-refractivity contribution in [1.29, 1.82) is 0 Å². The second-order valence-electron chi connectivity index (χ2n) is 7.84. The SMILES string of the molecule is CNc1cnn(C)c1.Cc1ccc(C=O)cc1C1CC1NC1CCCCC1. The lowest BCUT2D eigenvalue weighted by Crippen LogP contribution is -2.33. The van der Waals surface area contributed by atoms with Crippen LogP contribution in [0.3, 0.4) is 0 Å². The number of nitrogens with one attached hydrogen (secondary N) is 2. The van der Waals surface area contributed by atoms with Crippen LogP contribution in [0, 0.1) is 6.92 Å². The molecule has 1 heterocycles. The molecule has 1 aromatic heterocycles. The Kier molecular flexibility index (Phi) is 6.67. The second kappa shape index (κ2) is 9.18. The molecule has 0 radical (unpaired) electrons. The minimum atomic E-state index is 0.627. The van der Waals surface area contributed by atoms with Crippen molar-refractivity contribution in [2.24, 2.45) is 7.05 Å². The Balaban J connectivity index is 0.000000221. The number of anilines is 1. The van der Waals surface area contributed by atoms with Gasteiger partial charge in [0.05, 0.1) is 11.9 Å². The summed E-state index contributed by atoms with van der Waals surface area (Å²) < 4.78 is 1.76. The average Bonchev–Trinajstić information content (AvgIpc) is 3.32. The maximum atomic E-state index is 10.9. The second-order valence-corrected chi connectivity index (χ2v) is 7.84. The van der Waals surface area contributed by atoms with E-state index in [1.54, 1.807) is 10.9 Å². The number of carbonyl (C=O) groups excluding carboxylic acids is 1. The molecule has 2 saturated carbocycles. The first-order valence-electron chi connectivity index (χ1n) is 10.1. The molecule has 146 valence electrons. The van der Waals surface area contributed by atoms with E-state index in [-0.39, 0.29) is 0 Å². The molecule has 27 heavy (non-hydrogen) atoms. The zero-order valence-corrected chi connectivity index (χ0v) is 16.7. The molecule has 2 N–H and O–H groups in total. The monoisotopic (exact) mass is 368 g/mol.